The van der Waals surface area contributed by atoms with Crippen molar-refractivity contribution < 1.29 is 4.79 Å². The maximum atomic E-state index is 12.3. The Morgan fingerprint density at radius 3 is 2.92 bits per heavy atom. The minimum atomic E-state index is -0.0923. The fourth-order valence-corrected chi connectivity index (χ4v) is 3.41. The Morgan fingerprint density at radius 1 is 1.38 bits per heavy atom. The average Bonchev–Trinajstić information content (AvgIpc) is 3.17. The monoisotopic (exact) mass is 358 g/mol. The number of hydrogen-bond donors (Lipinski definition) is 2. The van der Waals surface area contributed by atoms with Crippen LogP contribution in [0.1, 0.15) is 16.7 Å². The minimum Gasteiger partial charge on any atom is -0.350 e. The largest absolute Gasteiger partial charge is 0.350 e. The van der Waals surface area contributed by atoms with Crippen molar-refractivity contribution in [2.75, 3.05) is 0 Å². The van der Waals surface area contributed by atoms with Crippen LogP contribution in [0.25, 0.3) is 10.7 Å². The molecule has 124 valence electrons. The second-order valence-corrected chi connectivity index (χ2v) is 6.96. The van der Waals surface area contributed by atoms with Crippen molar-refractivity contribution in [2.24, 2.45) is 0 Å². The van der Waals surface area contributed by atoms with Crippen LogP contribution < -0.4 is 5.32 Å². The van der Waals surface area contributed by atoms with E-state index in [4.69, 9.17) is 12.2 Å². The van der Waals surface area contributed by atoms with Gasteiger partial charge in [0, 0.05) is 6.54 Å². The number of thiophene rings is 1. The van der Waals surface area contributed by atoms with Crippen LogP contribution in [0.15, 0.2) is 35.7 Å². The molecule has 7 heteroatoms. The van der Waals surface area contributed by atoms with Crippen LogP contribution in [-0.2, 0) is 17.9 Å². The smallest absolute Gasteiger partial charge is 0.240 e. The van der Waals surface area contributed by atoms with E-state index in [2.05, 4.69) is 41.5 Å². The maximum absolute atomic E-state index is 12.3. The average molecular weight is 358 g/mol. The van der Waals surface area contributed by atoms with Gasteiger partial charge in [0.1, 0.15) is 6.54 Å². The molecule has 0 saturated heterocycles. The Balaban J connectivity index is 1.70. The predicted molar refractivity (Wildman–Crippen MR) is 98.5 cm³/mol. The fraction of sp³-hybridized carbons (Fsp3) is 0.235. The number of amides is 1. The van der Waals surface area contributed by atoms with E-state index in [-0.39, 0.29) is 12.5 Å². The highest BCUT2D eigenvalue weighted by molar-refractivity contribution is 7.71. The lowest BCUT2D eigenvalue weighted by molar-refractivity contribution is -0.121. The molecule has 3 rings (SSSR count). The van der Waals surface area contributed by atoms with Gasteiger partial charge in [0.2, 0.25) is 5.91 Å². The highest BCUT2D eigenvalue weighted by Crippen LogP contribution is 2.22. The van der Waals surface area contributed by atoms with E-state index in [0.717, 1.165) is 10.4 Å². The quantitative estimate of drug-likeness (QED) is 0.685. The SMILES string of the molecule is Cc1ccc(CNC(=O)Cn2c(-c3cccs3)n[nH]c2=S)c(C)c1. The summed E-state index contributed by atoms with van der Waals surface area (Å²) >= 11 is 6.81. The molecular weight excluding hydrogens is 340 g/mol. The summed E-state index contributed by atoms with van der Waals surface area (Å²) in [6.07, 6.45) is 0. The first-order valence-corrected chi connectivity index (χ1v) is 8.85. The number of aromatic amines is 1. The Kier molecular flexibility index (Phi) is 4.92. The first kappa shape index (κ1) is 16.6. The minimum absolute atomic E-state index is 0.0923. The summed E-state index contributed by atoms with van der Waals surface area (Å²) in [6.45, 7) is 4.76. The number of aromatic nitrogens is 3. The van der Waals surface area contributed by atoms with E-state index < -0.39 is 0 Å². The number of carbonyl (C=O) groups excluding carboxylic acids is 1. The summed E-state index contributed by atoms with van der Waals surface area (Å²) in [7, 11) is 0. The van der Waals surface area contributed by atoms with Gasteiger partial charge in [-0.05, 0) is 48.6 Å². The van der Waals surface area contributed by atoms with Gasteiger partial charge < -0.3 is 5.32 Å². The van der Waals surface area contributed by atoms with Crippen LogP contribution in [-0.4, -0.2) is 20.7 Å². The fourth-order valence-electron chi connectivity index (χ4n) is 2.50. The molecule has 2 aromatic heterocycles. The molecule has 0 saturated carbocycles. The molecule has 1 amide bonds. The van der Waals surface area contributed by atoms with Gasteiger partial charge >= 0.3 is 0 Å². The highest BCUT2D eigenvalue weighted by Gasteiger charge is 2.13. The summed E-state index contributed by atoms with van der Waals surface area (Å²) in [5, 5.41) is 11.9. The van der Waals surface area contributed by atoms with Crippen molar-refractivity contribution >= 4 is 29.5 Å². The van der Waals surface area contributed by atoms with Crippen molar-refractivity contribution in [3.63, 3.8) is 0 Å². The van der Waals surface area contributed by atoms with Crippen LogP contribution in [0.3, 0.4) is 0 Å². The molecule has 0 aliphatic carbocycles. The molecule has 0 radical (unpaired) electrons. The first-order chi connectivity index (χ1) is 11.5. The number of nitrogens with zero attached hydrogens (tertiary/aromatic N) is 2. The number of H-pyrrole nitrogens is 1. The molecule has 0 bridgehead atoms. The second kappa shape index (κ2) is 7.11. The van der Waals surface area contributed by atoms with Gasteiger partial charge in [-0.15, -0.1) is 11.3 Å². The second-order valence-electron chi connectivity index (χ2n) is 5.62. The van der Waals surface area contributed by atoms with Gasteiger partial charge in [-0.1, -0.05) is 29.8 Å². The van der Waals surface area contributed by atoms with Crippen molar-refractivity contribution in [1.29, 1.82) is 0 Å². The van der Waals surface area contributed by atoms with Gasteiger partial charge in [-0.2, -0.15) is 5.10 Å². The molecule has 0 unspecified atom stereocenters. The Morgan fingerprint density at radius 2 is 2.21 bits per heavy atom. The Bertz CT molecular complexity index is 909. The summed E-state index contributed by atoms with van der Waals surface area (Å²) < 4.78 is 2.17. The van der Waals surface area contributed by atoms with E-state index in [9.17, 15) is 4.79 Å². The van der Waals surface area contributed by atoms with Gasteiger partial charge in [0.25, 0.3) is 0 Å². The Hall–Kier alpha value is -2.25. The summed E-state index contributed by atoms with van der Waals surface area (Å²) in [5.74, 6) is 0.599. The number of benzene rings is 1. The molecule has 0 atom stereocenters. The Labute approximate surface area is 149 Å². The normalized spacial score (nSPS) is 10.8. The number of nitrogens with one attached hydrogen (secondary N) is 2. The number of hydrogen-bond acceptors (Lipinski definition) is 4. The topological polar surface area (TPSA) is 62.7 Å². The zero-order valence-corrected chi connectivity index (χ0v) is 15.1. The molecular formula is C17H18N4OS2. The molecule has 5 nitrogen and oxygen atoms in total. The lowest BCUT2D eigenvalue weighted by atomic mass is 10.1. The summed E-state index contributed by atoms with van der Waals surface area (Å²) in [6, 6.07) is 10.1. The van der Waals surface area contributed by atoms with Crippen LogP contribution in [0.2, 0.25) is 0 Å². The third-order valence-corrected chi connectivity index (χ3v) is 4.95. The predicted octanol–water partition coefficient (Wildman–Crippen LogP) is 3.60. The van der Waals surface area contributed by atoms with Crippen LogP contribution in [0.4, 0.5) is 0 Å². The third kappa shape index (κ3) is 3.63. The first-order valence-electron chi connectivity index (χ1n) is 7.56. The van der Waals surface area contributed by atoms with E-state index >= 15 is 0 Å². The van der Waals surface area contributed by atoms with Gasteiger partial charge in [0.15, 0.2) is 10.6 Å². The van der Waals surface area contributed by atoms with Gasteiger partial charge in [-0.3, -0.25) is 14.5 Å². The van der Waals surface area contributed by atoms with E-state index in [1.165, 1.54) is 11.1 Å². The van der Waals surface area contributed by atoms with Crippen molar-refractivity contribution in [2.45, 2.75) is 26.9 Å². The molecule has 3 aromatic rings. The molecule has 0 aliphatic heterocycles. The van der Waals surface area contributed by atoms with Crippen LogP contribution >= 0.6 is 23.6 Å². The lowest BCUT2D eigenvalue weighted by Gasteiger charge is -2.10. The van der Waals surface area contributed by atoms with Crippen LogP contribution in [0.5, 0.6) is 0 Å². The molecule has 24 heavy (non-hydrogen) atoms. The van der Waals surface area contributed by atoms with Gasteiger partial charge in [0.05, 0.1) is 4.88 Å². The molecule has 0 aliphatic rings. The molecule has 1 aromatic carbocycles. The van der Waals surface area contributed by atoms with E-state index in [1.54, 1.807) is 15.9 Å². The zero-order valence-electron chi connectivity index (χ0n) is 13.5. The number of aryl methyl sites for hydroxylation is 2. The number of rotatable bonds is 5. The molecule has 0 fully saturated rings. The maximum Gasteiger partial charge on any atom is 0.240 e. The summed E-state index contributed by atoms with van der Waals surface area (Å²) in [4.78, 5) is 13.3. The van der Waals surface area contributed by atoms with E-state index in [0.29, 0.717) is 17.1 Å². The highest BCUT2D eigenvalue weighted by atomic mass is 32.1. The molecule has 2 N–H and O–H groups in total. The zero-order chi connectivity index (χ0) is 17.1. The standard InChI is InChI=1S/C17H18N4OS2/c1-11-5-6-13(12(2)8-11)9-18-15(22)10-21-16(19-20-17(21)23)14-4-3-7-24-14/h3-8H,9-10H2,1-2H3,(H,18,22)(H,20,23). The van der Waals surface area contributed by atoms with Crippen molar-refractivity contribution in [3.8, 4) is 10.7 Å². The van der Waals surface area contributed by atoms with Crippen molar-refractivity contribution in [3.05, 3.63) is 57.2 Å². The number of carbonyl (C=O) groups is 1. The van der Waals surface area contributed by atoms with Crippen molar-refractivity contribution in [1.82, 2.24) is 20.1 Å². The molecule has 2 heterocycles. The van der Waals surface area contributed by atoms with Gasteiger partial charge in [-0.25, -0.2) is 0 Å². The molecule has 0 spiro atoms. The lowest BCUT2D eigenvalue weighted by Crippen LogP contribution is -2.27. The third-order valence-electron chi connectivity index (χ3n) is 3.78. The summed E-state index contributed by atoms with van der Waals surface area (Å²) in [5.41, 5.74) is 3.51. The van der Waals surface area contributed by atoms with Crippen LogP contribution in [0, 0.1) is 18.6 Å². The van der Waals surface area contributed by atoms with E-state index in [1.807, 2.05) is 23.6 Å².